The van der Waals surface area contributed by atoms with E-state index in [-0.39, 0.29) is 0 Å². The minimum Gasteiger partial charge on any atom is -0.279 e. The van der Waals surface area contributed by atoms with Crippen LogP contribution in [0.5, 0.6) is 0 Å². The first-order valence-corrected chi connectivity index (χ1v) is 1.76. The maximum Gasteiger partial charge on any atom is 0.138 e. The zero-order valence-corrected chi connectivity index (χ0v) is 4.48. The van der Waals surface area contributed by atoms with Gasteiger partial charge in [0.2, 0.25) is 0 Å². The van der Waals surface area contributed by atoms with Crippen molar-refractivity contribution in [1.82, 2.24) is 0 Å². The Morgan fingerprint density at radius 1 is 1.17 bits per heavy atom. The van der Waals surface area contributed by atoms with E-state index in [0.717, 1.165) is 0 Å². The highest BCUT2D eigenvalue weighted by Gasteiger charge is 1.29. The van der Waals surface area contributed by atoms with Gasteiger partial charge in [-0.25, -0.2) is 0 Å². The highest BCUT2D eigenvalue weighted by Crippen LogP contribution is 1.52. The summed E-state index contributed by atoms with van der Waals surface area (Å²) in [6.45, 7) is 6.72. The second-order valence-electron chi connectivity index (χ2n) is 0.471. The molecule has 0 rings (SSSR count). The van der Waals surface area contributed by atoms with Crippen molar-refractivity contribution in [1.29, 1.82) is 0 Å². The highest BCUT2D eigenvalue weighted by atomic mass is 31.0. The van der Waals surface area contributed by atoms with Crippen LogP contribution in [0.15, 0.2) is 25.3 Å². The minimum atomic E-state index is 1.64. The number of rotatable bonds is 1. The summed E-state index contributed by atoms with van der Waals surface area (Å²) in [6.07, 6.45) is 3.28. The van der Waals surface area contributed by atoms with Crippen LogP contribution in [0.25, 0.3) is 0 Å². The quantitative estimate of drug-likeness (QED) is 0.364. The molecule has 0 aromatic rings. The second kappa shape index (κ2) is 23.5. The Balaban J connectivity index is 0. The van der Waals surface area contributed by atoms with Gasteiger partial charge >= 0.3 is 0 Å². The van der Waals surface area contributed by atoms with Crippen molar-refractivity contribution in [2.45, 2.75) is 0 Å². The molecule has 34 valence electrons. The summed E-state index contributed by atoms with van der Waals surface area (Å²) >= 11 is 0. The van der Waals surface area contributed by atoms with Crippen LogP contribution in [-0.4, -0.2) is 0 Å². The van der Waals surface area contributed by atoms with Gasteiger partial charge in [-0.15, -0.1) is 0 Å². The topological polar surface area (TPSA) is 17.1 Å². The van der Waals surface area contributed by atoms with Crippen molar-refractivity contribution < 1.29 is 4.57 Å². The fourth-order valence-electron chi connectivity index (χ4n) is 0. The zero-order chi connectivity index (χ0) is 5.41. The standard InChI is InChI=1S/C4H6.HOP/c1-3-4-2;1-2/h3-4H,1-2H2;2H. The van der Waals surface area contributed by atoms with Crippen molar-refractivity contribution >= 4 is 9.12 Å². The average Bonchev–Trinajstić information content (AvgIpc) is 1.72. The first kappa shape index (κ1) is 9.13. The molecule has 0 N–H and O–H groups in total. The van der Waals surface area contributed by atoms with Crippen LogP contribution >= 0.6 is 9.12 Å². The van der Waals surface area contributed by atoms with Gasteiger partial charge in [-0.1, -0.05) is 25.3 Å². The molecule has 0 saturated heterocycles. The lowest BCUT2D eigenvalue weighted by atomic mass is 10.6. The van der Waals surface area contributed by atoms with E-state index >= 15 is 0 Å². The molecule has 0 aliphatic rings. The molecule has 0 amide bonds. The Labute approximate surface area is 40.0 Å². The lowest BCUT2D eigenvalue weighted by Crippen LogP contribution is -1.21. The third-order valence-electron chi connectivity index (χ3n) is 0.167. The Hall–Kier alpha value is -0.420. The molecule has 0 aliphatic carbocycles. The molecule has 0 aliphatic heterocycles. The fourth-order valence-corrected chi connectivity index (χ4v) is 0. The first-order chi connectivity index (χ1) is 2.91. The van der Waals surface area contributed by atoms with E-state index < -0.39 is 0 Å². The Kier molecular flexibility index (Phi) is 35.8. The van der Waals surface area contributed by atoms with Gasteiger partial charge in [0.25, 0.3) is 0 Å². The Morgan fingerprint density at radius 2 is 1.33 bits per heavy atom. The Morgan fingerprint density at radius 3 is 1.33 bits per heavy atom. The molecule has 0 aromatic carbocycles. The summed E-state index contributed by atoms with van der Waals surface area (Å²) in [5.41, 5.74) is 0. The molecule has 0 bridgehead atoms. The van der Waals surface area contributed by atoms with Crippen molar-refractivity contribution in [3.63, 3.8) is 0 Å². The van der Waals surface area contributed by atoms with Crippen molar-refractivity contribution in [2.24, 2.45) is 0 Å². The van der Waals surface area contributed by atoms with Crippen LogP contribution < -0.4 is 0 Å². The van der Waals surface area contributed by atoms with Gasteiger partial charge in [-0.2, -0.15) is 0 Å². The molecule has 0 radical (unpaired) electrons. The summed E-state index contributed by atoms with van der Waals surface area (Å²) in [5, 5.41) is 0. The normalized spacial score (nSPS) is 4.00. The molecule has 0 unspecified atom stereocenters. The molecule has 0 fully saturated rings. The van der Waals surface area contributed by atoms with E-state index in [1.807, 2.05) is 0 Å². The molecule has 0 heterocycles. The van der Waals surface area contributed by atoms with Crippen LogP contribution in [-0.2, 0) is 4.57 Å². The molecule has 6 heavy (non-hydrogen) atoms. The molecule has 0 saturated carbocycles. The summed E-state index contributed by atoms with van der Waals surface area (Å²) in [4.78, 5) is 0. The van der Waals surface area contributed by atoms with Gasteiger partial charge in [0.15, 0.2) is 0 Å². The maximum absolute atomic E-state index is 8.06. The van der Waals surface area contributed by atoms with Crippen LogP contribution in [0.3, 0.4) is 0 Å². The van der Waals surface area contributed by atoms with Gasteiger partial charge in [-0.05, 0) is 0 Å². The van der Waals surface area contributed by atoms with Crippen LogP contribution in [0.1, 0.15) is 0 Å². The van der Waals surface area contributed by atoms with Gasteiger partial charge in [-0.3, -0.25) is 4.57 Å². The zero-order valence-electron chi connectivity index (χ0n) is 3.48. The van der Waals surface area contributed by atoms with E-state index in [2.05, 4.69) is 13.2 Å². The molecule has 0 atom stereocenters. The Bertz CT molecular complexity index is 36.8. The SMILES string of the molecule is C=CC=C.O=P. The van der Waals surface area contributed by atoms with E-state index in [9.17, 15) is 0 Å². The molecule has 0 aromatic heterocycles. The van der Waals surface area contributed by atoms with E-state index in [1.54, 1.807) is 21.3 Å². The van der Waals surface area contributed by atoms with Crippen molar-refractivity contribution in [3.8, 4) is 0 Å². The van der Waals surface area contributed by atoms with Gasteiger partial charge in [0.1, 0.15) is 9.12 Å². The van der Waals surface area contributed by atoms with Gasteiger partial charge < -0.3 is 0 Å². The fraction of sp³-hybridized carbons (Fsp3) is 0. The summed E-state index contributed by atoms with van der Waals surface area (Å²) < 4.78 is 8.06. The van der Waals surface area contributed by atoms with Crippen LogP contribution in [0.4, 0.5) is 0 Å². The highest BCUT2D eigenvalue weighted by molar-refractivity contribution is 7.00. The van der Waals surface area contributed by atoms with E-state index in [1.165, 1.54) is 0 Å². The smallest absolute Gasteiger partial charge is 0.138 e. The van der Waals surface area contributed by atoms with Crippen LogP contribution in [0, 0.1) is 0 Å². The third kappa shape index (κ3) is 70.8. The third-order valence-corrected chi connectivity index (χ3v) is 0.167. The van der Waals surface area contributed by atoms with Gasteiger partial charge in [0, 0.05) is 0 Å². The molecule has 2 heteroatoms. The van der Waals surface area contributed by atoms with Gasteiger partial charge in [0.05, 0.1) is 0 Å². The molecular weight excluding hydrogens is 95.0 g/mol. The van der Waals surface area contributed by atoms with Crippen molar-refractivity contribution in [3.05, 3.63) is 25.3 Å². The second-order valence-corrected chi connectivity index (χ2v) is 0.471. The predicted octanol–water partition coefficient (Wildman–Crippen LogP) is 1.83. The van der Waals surface area contributed by atoms with E-state index in [0.29, 0.717) is 0 Å². The molecule has 1 nitrogen and oxygen atoms in total. The predicted molar refractivity (Wildman–Crippen MR) is 29.4 cm³/mol. The molecular formula is C4H7OP. The van der Waals surface area contributed by atoms with Crippen LogP contribution in [0.2, 0.25) is 0 Å². The first-order valence-electron chi connectivity index (χ1n) is 1.35. The lowest BCUT2D eigenvalue weighted by molar-refractivity contribution is 0.607. The summed E-state index contributed by atoms with van der Waals surface area (Å²) in [7, 11) is 1.72. The van der Waals surface area contributed by atoms with E-state index in [4.69, 9.17) is 4.57 Å². The van der Waals surface area contributed by atoms with Crippen molar-refractivity contribution in [2.75, 3.05) is 0 Å². The minimum absolute atomic E-state index is 1.64. The lowest BCUT2D eigenvalue weighted by Gasteiger charge is -1.44. The number of allylic oxidation sites excluding steroid dienone is 2. The summed E-state index contributed by atoms with van der Waals surface area (Å²) in [6, 6.07) is 0. The monoisotopic (exact) mass is 102 g/mol. The number of hydrogen-bond donors (Lipinski definition) is 0. The largest absolute Gasteiger partial charge is 0.279 e. The maximum atomic E-state index is 8.06. The summed E-state index contributed by atoms with van der Waals surface area (Å²) in [5.74, 6) is 0. The average molecular weight is 102 g/mol. The molecule has 0 spiro atoms. The number of hydrogen-bond acceptors (Lipinski definition) is 1.